The van der Waals surface area contributed by atoms with Crippen molar-refractivity contribution in [3.05, 3.63) is 54.1 Å². The van der Waals surface area contributed by atoms with E-state index in [4.69, 9.17) is 16.3 Å². The highest BCUT2D eigenvalue weighted by Gasteiger charge is 2.21. The van der Waals surface area contributed by atoms with E-state index in [0.717, 1.165) is 54.9 Å². The Labute approximate surface area is 175 Å². The summed E-state index contributed by atoms with van der Waals surface area (Å²) in [6, 6.07) is 16.4. The standard InChI is InChI=1S/C21H26N6OS.H2/c22-20(25-26-23)16-10-13-27(14-11-16)12-9-15-5-7-17(8-6-15)28-21-24-18-3-1-2-4-19(18)29-21;/h1-8,16,26H,9-14,23H2,(H2,22,25);1H. The molecule has 2 aromatic carbocycles. The van der Waals surface area contributed by atoms with Gasteiger partial charge in [0.25, 0.3) is 5.19 Å². The summed E-state index contributed by atoms with van der Waals surface area (Å²) >= 11 is 1.56. The fourth-order valence-electron chi connectivity index (χ4n) is 3.63. The number of ether oxygens (including phenoxy) is 1. The van der Waals surface area contributed by atoms with Crippen molar-refractivity contribution in [3.8, 4) is 10.9 Å². The van der Waals surface area contributed by atoms with E-state index in [9.17, 15) is 0 Å². The van der Waals surface area contributed by atoms with Crippen LogP contribution in [0.2, 0.25) is 0 Å². The number of hydrogen-bond donors (Lipinski definition) is 3. The Morgan fingerprint density at radius 2 is 1.97 bits per heavy atom. The molecule has 0 unspecified atom stereocenters. The predicted molar refractivity (Wildman–Crippen MR) is 120 cm³/mol. The lowest BCUT2D eigenvalue weighted by Crippen LogP contribution is -2.40. The second-order valence-corrected chi connectivity index (χ2v) is 8.22. The molecule has 0 spiro atoms. The van der Waals surface area contributed by atoms with Crippen molar-refractivity contribution >= 4 is 27.4 Å². The Morgan fingerprint density at radius 1 is 1.21 bits per heavy atom. The van der Waals surface area contributed by atoms with E-state index in [1.807, 2.05) is 30.3 Å². The van der Waals surface area contributed by atoms with Crippen LogP contribution < -0.4 is 21.8 Å². The maximum absolute atomic E-state index is 5.93. The van der Waals surface area contributed by atoms with Gasteiger partial charge in [0.15, 0.2) is 0 Å². The molecule has 1 aliphatic heterocycles. The average Bonchev–Trinajstić information content (AvgIpc) is 3.16. The summed E-state index contributed by atoms with van der Waals surface area (Å²) in [5.41, 5.74) is 10.5. The molecule has 29 heavy (non-hydrogen) atoms. The molecule has 0 saturated carbocycles. The van der Waals surface area contributed by atoms with Crippen LogP contribution in [-0.4, -0.2) is 35.4 Å². The van der Waals surface area contributed by atoms with E-state index in [2.05, 4.69) is 38.7 Å². The number of nitrogens with one attached hydrogen (secondary N) is 1. The molecule has 1 saturated heterocycles. The summed E-state index contributed by atoms with van der Waals surface area (Å²) in [6.07, 6.45) is 3.05. The first-order valence-corrected chi connectivity index (χ1v) is 10.7. The van der Waals surface area contributed by atoms with Crippen molar-refractivity contribution in [2.24, 2.45) is 22.6 Å². The number of benzene rings is 2. The van der Waals surface area contributed by atoms with Crippen molar-refractivity contribution < 1.29 is 6.16 Å². The van der Waals surface area contributed by atoms with E-state index in [1.54, 1.807) is 11.3 Å². The summed E-state index contributed by atoms with van der Waals surface area (Å²) in [5, 5.41) is 4.58. The Balaban J connectivity index is 0.00000256. The topological polar surface area (TPSA) is 102 Å². The summed E-state index contributed by atoms with van der Waals surface area (Å²) in [5.74, 6) is 6.95. The zero-order valence-corrected chi connectivity index (χ0v) is 17.1. The quantitative estimate of drug-likeness (QED) is 0.238. The van der Waals surface area contributed by atoms with Gasteiger partial charge in [0, 0.05) is 13.9 Å². The molecule has 1 fully saturated rings. The zero-order valence-electron chi connectivity index (χ0n) is 16.3. The molecular formula is C21H28N6OS. The van der Waals surface area contributed by atoms with Crippen LogP contribution in [0.15, 0.2) is 53.6 Å². The lowest BCUT2D eigenvalue weighted by molar-refractivity contribution is 0.211. The minimum Gasteiger partial charge on any atom is -0.431 e. The Bertz CT molecular complexity index is 936. The number of fused-ring (bicyclic) bond motifs is 1. The third-order valence-electron chi connectivity index (χ3n) is 5.32. The number of para-hydroxylation sites is 1. The SMILES string of the molecule is NN/N=C(\N)C1CCN(CCc2ccc(Oc3nc4ccccc4s3)cc2)CC1.[HH]. The number of rotatable bonds is 7. The van der Waals surface area contributed by atoms with Crippen molar-refractivity contribution in [3.63, 3.8) is 0 Å². The molecular weight excluding hydrogens is 384 g/mol. The van der Waals surface area contributed by atoms with Crippen molar-refractivity contribution in [2.75, 3.05) is 19.6 Å². The van der Waals surface area contributed by atoms with Crippen LogP contribution in [-0.2, 0) is 6.42 Å². The van der Waals surface area contributed by atoms with Crippen LogP contribution in [0.5, 0.6) is 10.9 Å². The normalized spacial score (nSPS) is 16.2. The Kier molecular flexibility index (Phi) is 6.24. The summed E-state index contributed by atoms with van der Waals surface area (Å²) < 4.78 is 7.06. The summed E-state index contributed by atoms with van der Waals surface area (Å²) in [7, 11) is 0. The molecule has 0 aliphatic carbocycles. The van der Waals surface area contributed by atoms with Gasteiger partial charge < -0.3 is 15.4 Å². The van der Waals surface area contributed by atoms with Crippen LogP contribution in [0.25, 0.3) is 10.2 Å². The van der Waals surface area contributed by atoms with Gasteiger partial charge >= 0.3 is 0 Å². The Morgan fingerprint density at radius 3 is 2.69 bits per heavy atom. The number of likely N-dealkylation sites (tertiary alicyclic amines) is 1. The van der Waals surface area contributed by atoms with Crippen molar-refractivity contribution in [1.29, 1.82) is 0 Å². The molecule has 5 N–H and O–H groups in total. The van der Waals surface area contributed by atoms with E-state index in [0.29, 0.717) is 16.9 Å². The minimum atomic E-state index is 0. The van der Waals surface area contributed by atoms with Gasteiger partial charge in [-0.2, -0.15) is 5.10 Å². The van der Waals surface area contributed by atoms with Gasteiger partial charge in [0.1, 0.15) is 11.6 Å². The summed E-state index contributed by atoms with van der Waals surface area (Å²) in [4.78, 5) is 7.00. The van der Waals surface area contributed by atoms with E-state index in [-0.39, 0.29) is 1.43 Å². The number of thiazole rings is 1. The molecule has 8 heteroatoms. The van der Waals surface area contributed by atoms with Crippen LogP contribution in [0.3, 0.4) is 0 Å². The smallest absolute Gasteiger partial charge is 0.279 e. The van der Waals surface area contributed by atoms with Gasteiger partial charge in [0.05, 0.1) is 10.2 Å². The maximum atomic E-state index is 5.93. The molecule has 2 heterocycles. The van der Waals surface area contributed by atoms with Crippen molar-refractivity contribution in [1.82, 2.24) is 15.4 Å². The molecule has 3 aromatic rings. The summed E-state index contributed by atoms with van der Waals surface area (Å²) in [6.45, 7) is 3.10. The minimum absolute atomic E-state index is 0. The van der Waals surface area contributed by atoms with Crippen LogP contribution >= 0.6 is 11.3 Å². The number of amidine groups is 1. The monoisotopic (exact) mass is 412 g/mol. The number of nitrogens with two attached hydrogens (primary N) is 2. The van der Waals surface area contributed by atoms with E-state index in [1.165, 1.54) is 5.56 Å². The zero-order chi connectivity index (χ0) is 20.1. The number of piperidine rings is 1. The molecule has 0 radical (unpaired) electrons. The van der Waals surface area contributed by atoms with E-state index < -0.39 is 0 Å². The third kappa shape index (κ3) is 5.03. The first-order valence-electron chi connectivity index (χ1n) is 9.84. The first kappa shape index (κ1) is 19.6. The molecule has 0 bridgehead atoms. The fraction of sp³-hybridized carbons (Fsp3) is 0.333. The largest absolute Gasteiger partial charge is 0.431 e. The van der Waals surface area contributed by atoms with Gasteiger partial charge in [-0.15, -0.1) is 0 Å². The highest BCUT2D eigenvalue weighted by Crippen LogP contribution is 2.31. The van der Waals surface area contributed by atoms with Gasteiger partial charge in [-0.1, -0.05) is 35.6 Å². The van der Waals surface area contributed by atoms with Crippen LogP contribution in [0.1, 0.15) is 19.8 Å². The molecule has 4 rings (SSSR count). The lowest BCUT2D eigenvalue weighted by atomic mass is 9.95. The number of hydrazine groups is 1. The second-order valence-electron chi connectivity index (χ2n) is 7.23. The van der Waals surface area contributed by atoms with Gasteiger partial charge in [-0.05, 0) is 62.2 Å². The third-order valence-corrected chi connectivity index (χ3v) is 6.23. The molecule has 7 nitrogen and oxygen atoms in total. The molecule has 1 aromatic heterocycles. The number of hydrazone groups is 1. The Hall–Kier alpha value is -2.68. The predicted octanol–water partition coefficient (Wildman–Crippen LogP) is 3.32. The first-order chi connectivity index (χ1) is 14.2. The number of hydrogen-bond acceptors (Lipinski definition) is 7. The van der Waals surface area contributed by atoms with Gasteiger partial charge in [-0.25, -0.2) is 16.4 Å². The maximum Gasteiger partial charge on any atom is 0.279 e. The molecule has 0 atom stereocenters. The van der Waals surface area contributed by atoms with Crippen molar-refractivity contribution in [2.45, 2.75) is 19.3 Å². The van der Waals surface area contributed by atoms with E-state index >= 15 is 0 Å². The van der Waals surface area contributed by atoms with Gasteiger partial charge in [0.2, 0.25) is 0 Å². The average molecular weight is 413 g/mol. The fourth-order valence-corrected chi connectivity index (χ4v) is 4.46. The molecule has 154 valence electrons. The second kappa shape index (κ2) is 9.21. The van der Waals surface area contributed by atoms with Crippen LogP contribution in [0, 0.1) is 5.92 Å². The lowest BCUT2D eigenvalue weighted by Gasteiger charge is -2.31. The number of aromatic nitrogens is 1. The van der Waals surface area contributed by atoms with Gasteiger partial charge in [-0.3, -0.25) is 0 Å². The number of nitrogens with zero attached hydrogens (tertiary/aromatic N) is 3. The highest BCUT2D eigenvalue weighted by molar-refractivity contribution is 7.20. The highest BCUT2D eigenvalue weighted by atomic mass is 32.1. The molecule has 0 amide bonds. The van der Waals surface area contributed by atoms with Crippen LogP contribution in [0.4, 0.5) is 0 Å². The molecule has 1 aliphatic rings.